The Hall–Kier alpha value is -1.24. The first kappa shape index (κ1) is 22.5. The summed E-state index contributed by atoms with van der Waals surface area (Å²) in [6, 6.07) is 0. The minimum Gasteiger partial charge on any atom is -0.353 e. The highest BCUT2D eigenvalue weighted by Crippen LogP contribution is 2.44. The van der Waals surface area contributed by atoms with Crippen molar-refractivity contribution in [2.75, 3.05) is 57.3 Å². The van der Waals surface area contributed by atoms with Gasteiger partial charge in [-0.05, 0) is 70.0 Å². The van der Waals surface area contributed by atoms with Crippen molar-refractivity contribution in [2.24, 2.45) is 0 Å². The lowest BCUT2D eigenvalue weighted by Crippen LogP contribution is -2.49. The predicted octanol–water partition coefficient (Wildman–Crippen LogP) is 5.08. The molecule has 3 heterocycles. The Morgan fingerprint density at radius 1 is 0.906 bits per heavy atom. The van der Waals surface area contributed by atoms with Gasteiger partial charge in [-0.1, -0.05) is 20.3 Å². The lowest BCUT2D eigenvalue weighted by Gasteiger charge is -2.37. The molecule has 1 aliphatic heterocycles. The van der Waals surface area contributed by atoms with Gasteiger partial charge < -0.3 is 9.80 Å². The second-order valence-corrected chi connectivity index (χ2v) is 11.2. The average Bonchev–Trinajstić information content (AvgIpc) is 3.63. The van der Waals surface area contributed by atoms with E-state index in [2.05, 4.69) is 28.5 Å². The number of thiophene rings is 1. The van der Waals surface area contributed by atoms with Gasteiger partial charge in [0.25, 0.3) is 0 Å². The lowest BCUT2D eigenvalue weighted by molar-refractivity contribution is 0.196. The summed E-state index contributed by atoms with van der Waals surface area (Å²) >= 11 is 1.98. The number of fused-ring (bicyclic) bond motifs is 3. The summed E-state index contributed by atoms with van der Waals surface area (Å²) < 4.78 is 0. The van der Waals surface area contributed by atoms with Gasteiger partial charge in [-0.15, -0.1) is 11.3 Å². The van der Waals surface area contributed by atoms with E-state index in [0.717, 1.165) is 32.0 Å². The molecule has 0 spiro atoms. The fraction of sp³-hybridized carbons (Fsp3) is 0.769. The molecule has 0 radical (unpaired) electrons. The first-order valence-electron chi connectivity index (χ1n) is 13.3. The van der Waals surface area contributed by atoms with Crippen molar-refractivity contribution >= 4 is 27.4 Å². The molecule has 0 N–H and O–H groups in total. The monoisotopic (exact) mass is 455 g/mol. The number of hydrogen-bond acceptors (Lipinski definition) is 6. The Kier molecular flexibility index (Phi) is 7.30. The maximum atomic E-state index is 5.24. The third-order valence-corrected chi connectivity index (χ3v) is 8.68. The molecule has 0 bridgehead atoms. The maximum Gasteiger partial charge on any atom is 0.141 e. The quantitative estimate of drug-likeness (QED) is 0.493. The first-order chi connectivity index (χ1) is 15.8. The molecule has 32 heavy (non-hydrogen) atoms. The third kappa shape index (κ3) is 4.97. The highest BCUT2D eigenvalue weighted by atomic mass is 32.1. The number of nitrogens with zero attached hydrogens (tertiary/aromatic N) is 5. The van der Waals surface area contributed by atoms with Gasteiger partial charge in [-0.2, -0.15) is 0 Å². The van der Waals surface area contributed by atoms with Crippen LogP contribution in [-0.4, -0.2) is 72.1 Å². The maximum absolute atomic E-state index is 5.24. The number of anilines is 1. The van der Waals surface area contributed by atoms with Crippen LogP contribution in [0.1, 0.15) is 81.0 Å². The zero-order valence-electron chi connectivity index (χ0n) is 20.2. The second kappa shape index (κ2) is 10.4. The van der Waals surface area contributed by atoms with Crippen LogP contribution in [0, 0.1) is 0 Å². The molecule has 5 nitrogen and oxygen atoms in total. The van der Waals surface area contributed by atoms with Crippen LogP contribution >= 0.6 is 11.3 Å². The van der Waals surface area contributed by atoms with Crippen molar-refractivity contribution in [1.82, 2.24) is 19.8 Å². The summed E-state index contributed by atoms with van der Waals surface area (Å²) in [6.45, 7) is 14.0. The van der Waals surface area contributed by atoms with Gasteiger partial charge >= 0.3 is 0 Å². The van der Waals surface area contributed by atoms with Crippen molar-refractivity contribution < 1.29 is 0 Å². The van der Waals surface area contributed by atoms with E-state index in [9.17, 15) is 0 Å². The SMILES string of the molecule is CCCN(CCC)CCN1CCN(c2nc(C3CC3)nc3sc4c(c23)CCCCC4)CC1. The molecular formula is C26H41N5S. The van der Waals surface area contributed by atoms with Crippen molar-refractivity contribution in [3.8, 4) is 0 Å². The lowest BCUT2D eigenvalue weighted by atomic mass is 10.1. The van der Waals surface area contributed by atoms with Gasteiger partial charge in [0, 0.05) is 50.1 Å². The van der Waals surface area contributed by atoms with Crippen LogP contribution in [-0.2, 0) is 12.8 Å². The zero-order valence-corrected chi connectivity index (χ0v) is 21.1. The molecule has 1 saturated heterocycles. The highest BCUT2D eigenvalue weighted by Gasteiger charge is 2.31. The minimum absolute atomic E-state index is 0.615. The summed E-state index contributed by atoms with van der Waals surface area (Å²) in [5.74, 6) is 3.01. The fourth-order valence-corrected chi connectivity index (χ4v) is 6.78. The number of hydrogen-bond donors (Lipinski definition) is 0. The van der Waals surface area contributed by atoms with E-state index in [0.29, 0.717) is 5.92 Å². The summed E-state index contributed by atoms with van der Waals surface area (Å²) in [5, 5.41) is 1.42. The van der Waals surface area contributed by atoms with Gasteiger partial charge in [0.2, 0.25) is 0 Å². The topological polar surface area (TPSA) is 35.5 Å². The molecule has 2 aromatic heterocycles. The molecular weight excluding hydrogens is 414 g/mol. The van der Waals surface area contributed by atoms with Crippen molar-refractivity contribution in [3.63, 3.8) is 0 Å². The molecule has 176 valence electrons. The van der Waals surface area contributed by atoms with Crippen LogP contribution in [0.25, 0.3) is 10.2 Å². The zero-order chi connectivity index (χ0) is 21.9. The summed E-state index contributed by atoms with van der Waals surface area (Å²) in [4.78, 5) is 21.1. The van der Waals surface area contributed by atoms with E-state index < -0.39 is 0 Å². The Morgan fingerprint density at radius 2 is 1.66 bits per heavy atom. The van der Waals surface area contributed by atoms with Crippen LogP contribution in [0.15, 0.2) is 0 Å². The van der Waals surface area contributed by atoms with Gasteiger partial charge in [0.1, 0.15) is 16.5 Å². The van der Waals surface area contributed by atoms with Crippen LogP contribution in [0.3, 0.4) is 0 Å². The molecule has 5 rings (SSSR count). The largest absolute Gasteiger partial charge is 0.353 e. The van der Waals surface area contributed by atoms with Crippen LogP contribution in [0.5, 0.6) is 0 Å². The van der Waals surface area contributed by atoms with Gasteiger partial charge in [-0.3, -0.25) is 4.90 Å². The van der Waals surface area contributed by atoms with Gasteiger partial charge in [0.15, 0.2) is 0 Å². The van der Waals surface area contributed by atoms with E-state index in [1.807, 2.05) is 11.3 Å². The highest BCUT2D eigenvalue weighted by molar-refractivity contribution is 7.19. The van der Waals surface area contributed by atoms with Gasteiger partial charge in [0.05, 0.1) is 5.39 Å². The van der Waals surface area contributed by atoms with Crippen molar-refractivity contribution in [2.45, 2.75) is 77.6 Å². The van der Waals surface area contributed by atoms with Crippen molar-refractivity contribution in [1.29, 1.82) is 0 Å². The molecule has 0 unspecified atom stereocenters. The van der Waals surface area contributed by atoms with Crippen molar-refractivity contribution in [3.05, 3.63) is 16.3 Å². The second-order valence-electron chi connectivity index (χ2n) is 10.1. The molecule has 0 atom stereocenters. The third-order valence-electron chi connectivity index (χ3n) is 7.49. The summed E-state index contributed by atoms with van der Waals surface area (Å²) in [7, 11) is 0. The predicted molar refractivity (Wildman–Crippen MR) is 136 cm³/mol. The standard InChI is InChI=1S/C26H41N5S/c1-3-12-29(13-4-2)14-15-30-16-18-31(19-17-30)25-23-21-8-6-5-7-9-22(21)32-26(23)28-24(27-25)20-10-11-20/h20H,3-19H2,1-2H3. The van der Waals surface area contributed by atoms with Crippen LogP contribution in [0.2, 0.25) is 0 Å². The minimum atomic E-state index is 0.615. The van der Waals surface area contributed by atoms with Gasteiger partial charge in [-0.25, -0.2) is 9.97 Å². The van der Waals surface area contributed by atoms with Crippen LogP contribution < -0.4 is 4.90 Å². The molecule has 2 aliphatic carbocycles. The molecule has 0 amide bonds. The molecule has 1 saturated carbocycles. The molecule has 2 fully saturated rings. The summed E-state index contributed by atoms with van der Waals surface area (Å²) in [5.41, 5.74) is 1.59. The Bertz CT molecular complexity index is 891. The summed E-state index contributed by atoms with van der Waals surface area (Å²) in [6.07, 6.45) is 11.5. The molecule has 3 aliphatic rings. The fourth-order valence-electron chi connectivity index (χ4n) is 5.52. The molecule has 0 aromatic carbocycles. The Balaban J connectivity index is 1.32. The number of aromatic nitrogens is 2. The van der Waals surface area contributed by atoms with E-state index >= 15 is 0 Å². The van der Waals surface area contributed by atoms with E-state index in [4.69, 9.17) is 9.97 Å². The Morgan fingerprint density at radius 3 is 2.38 bits per heavy atom. The van der Waals surface area contributed by atoms with E-state index in [1.165, 1.54) is 100 Å². The smallest absolute Gasteiger partial charge is 0.141 e. The Labute approximate surface area is 198 Å². The molecule has 2 aromatic rings. The number of piperazine rings is 1. The number of aryl methyl sites for hydroxylation is 2. The van der Waals surface area contributed by atoms with Crippen LogP contribution in [0.4, 0.5) is 5.82 Å². The first-order valence-corrected chi connectivity index (χ1v) is 14.1. The van der Waals surface area contributed by atoms with E-state index in [1.54, 1.807) is 10.4 Å². The average molecular weight is 456 g/mol. The molecule has 6 heteroatoms. The van der Waals surface area contributed by atoms with E-state index in [-0.39, 0.29) is 0 Å². The normalized spacial score (nSPS) is 20.2. The number of rotatable bonds is 9.